The lowest BCUT2D eigenvalue weighted by Gasteiger charge is -2.11. The summed E-state index contributed by atoms with van der Waals surface area (Å²) in [5.74, 6) is -0.205. The van der Waals surface area contributed by atoms with E-state index in [0.29, 0.717) is 25.3 Å². The number of benzene rings is 1. The van der Waals surface area contributed by atoms with Gasteiger partial charge < -0.3 is 14.8 Å². The SMILES string of the molecule is COCCNCC=Cc1ccccc1OC(F)(F)F. The van der Waals surface area contributed by atoms with E-state index in [2.05, 4.69) is 10.1 Å². The minimum absolute atomic E-state index is 0.205. The van der Waals surface area contributed by atoms with Crippen molar-refractivity contribution in [2.24, 2.45) is 0 Å². The highest BCUT2D eigenvalue weighted by Gasteiger charge is 2.31. The van der Waals surface area contributed by atoms with Gasteiger partial charge in [0.15, 0.2) is 0 Å². The Morgan fingerprint density at radius 2 is 2.00 bits per heavy atom. The molecule has 0 heterocycles. The van der Waals surface area contributed by atoms with E-state index in [1.54, 1.807) is 31.4 Å². The van der Waals surface area contributed by atoms with Crippen LogP contribution in [0.25, 0.3) is 6.08 Å². The van der Waals surface area contributed by atoms with Crippen molar-refractivity contribution in [1.29, 1.82) is 0 Å². The lowest BCUT2D eigenvalue weighted by Crippen LogP contribution is -2.19. The maximum atomic E-state index is 12.2. The molecule has 0 spiro atoms. The number of hydrogen-bond donors (Lipinski definition) is 1. The fraction of sp³-hybridized carbons (Fsp3) is 0.385. The van der Waals surface area contributed by atoms with Crippen LogP contribution in [0.1, 0.15) is 5.56 Å². The Labute approximate surface area is 110 Å². The van der Waals surface area contributed by atoms with Crippen LogP contribution in [0, 0.1) is 0 Å². The molecule has 0 aliphatic heterocycles. The van der Waals surface area contributed by atoms with Crippen LogP contribution in [-0.2, 0) is 4.74 Å². The summed E-state index contributed by atoms with van der Waals surface area (Å²) in [7, 11) is 1.60. The molecule has 1 rings (SSSR count). The molecule has 0 amide bonds. The number of halogens is 3. The molecule has 1 aromatic carbocycles. The number of hydrogen-bond acceptors (Lipinski definition) is 3. The van der Waals surface area contributed by atoms with Crippen LogP contribution in [-0.4, -0.2) is 33.2 Å². The summed E-state index contributed by atoms with van der Waals surface area (Å²) < 4.78 is 45.3. The van der Waals surface area contributed by atoms with E-state index < -0.39 is 6.36 Å². The van der Waals surface area contributed by atoms with E-state index in [0.717, 1.165) is 0 Å². The van der Waals surface area contributed by atoms with Crippen LogP contribution in [0.2, 0.25) is 0 Å². The van der Waals surface area contributed by atoms with Gasteiger partial charge in [0.1, 0.15) is 5.75 Å². The van der Waals surface area contributed by atoms with E-state index in [4.69, 9.17) is 4.74 Å². The van der Waals surface area contributed by atoms with Gasteiger partial charge in [0.25, 0.3) is 0 Å². The van der Waals surface area contributed by atoms with Gasteiger partial charge in [-0.25, -0.2) is 0 Å². The summed E-state index contributed by atoms with van der Waals surface area (Å²) in [6, 6.07) is 5.99. The molecule has 0 radical (unpaired) electrons. The number of alkyl halides is 3. The second kappa shape index (κ2) is 7.81. The van der Waals surface area contributed by atoms with E-state index in [1.807, 2.05) is 0 Å². The molecule has 0 saturated heterocycles. The molecule has 19 heavy (non-hydrogen) atoms. The average molecular weight is 275 g/mol. The molecule has 6 heteroatoms. The molecule has 0 unspecified atom stereocenters. The molecule has 106 valence electrons. The lowest BCUT2D eigenvalue weighted by molar-refractivity contribution is -0.274. The molecule has 1 aromatic rings. The minimum atomic E-state index is -4.68. The van der Waals surface area contributed by atoms with Gasteiger partial charge in [0.05, 0.1) is 6.61 Å². The Morgan fingerprint density at radius 1 is 1.26 bits per heavy atom. The summed E-state index contributed by atoms with van der Waals surface area (Å²) >= 11 is 0. The topological polar surface area (TPSA) is 30.5 Å². The van der Waals surface area contributed by atoms with E-state index in [1.165, 1.54) is 12.1 Å². The fourth-order valence-electron chi connectivity index (χ4n) is 1.38. The smallest absolute Gasteiger partial charge is 0.405 e. The van der Waals surface area contributed by atoms with E-state index >= 15 is 0 Å². The number of rotatable bonds is 7. The Kier molecular flexibility index (Phi) is 6.38. The second-order valence-electron chi connectivity index (χ2n) is 3.68. The lowest BCUT2D eigenvalue weighted by atomic mass is 10.2. The second-order valence-corrected chi connectivity index (χ2v) is 3.68. The van der Waals surface area contributed by atoms with Crippen LogP contribution in [0.5, 0.6) is 5.75 Å². The third kappa shape index (κ3) is 6.83. The van der Waals surface area contributed by atoms with Gasteiger partial charge in [-0.15, -0.1) is 13.2 Å². The van der Waals surface area contributed by atoms with Gasteiger partial charge in [-0.2, -0.15) is 0 Å². The maximum absolute atomic E-state index is 12.2. The highest BCUT2D eigenvalue weighted by atomic mass is 19.4. The molecule has 0 fully saturated rings. The van der Waals surface area contributed by atoms with Crippen molar-refractivity contribution in [1.82, 2.24) is 5.32 Å². The summed E-state index contributed by atoms with van der Waals surface area (Å²) in [6.45, 7) is 1.81. The van der Waals surface area contributed by atoms with Gasteiger partial charge in [0.2, 0.25) is 0 Å². The number of para-hydroxylation sites is 1. The standard InChI is InChI=1S/C13H16F3NO2/c1-18-10-9-17-8-4-6-11-5-2-3-7-12(11)19-13(14,15)16/h2-7,17H,8-10H2,1H3. The Morgan fingerprint density at radius 3 is 2.68 bits per heavy atom. The fourth-order valence-corrected chi connectivity index (χ4v) is 1.38. The molecular weight excluding hydrogens is 259 g/mol. The van der Waals surface area contributed by atoms with Crippen LogP contribution in [0.3, 0.4) is 0 Å². The molecule has 0 saturated carbocycles. The number of methoxy groups -OCH3 is 1. The van der Waals surface area contributed by atoms with Crippen molar-refractivity contribution in [3.8, 4) is 5.75 Å². The first-order valence-electron chi connectivity index (χ1n) is 5.74. The normalized spacial score (nSPS) is 12.0. The third-order valence-electron chi connectivity index (χ3n) is 2.19. The van der Waals surface area contributed by atoms with E-state index in [-0.39, 0.29) is 5.75 Å². The van der Waals surface area contributed by atoms with Crippen molar-refractivity contribution in [2.75, 3.05) is 26.8 Å². The Bertz CT molecular complexity index is 405. The highest BCUT2D eigenvalue weighted by molar-refractivity contribution is 5.57. The molecule has 0 atom stereocenters. The number of ether oxygens (including phenoxy) is 2. The highest BCUT2D eigenvalue weighted by Crippen LogP contribution is 2.26. The van der Waals surface area contributed by atoms with Crippen molar-refractivity contribution in [3.63, 3.8) is 0 Å². The van der Waals surface area contributed by atoms with Crippen molar-refractivity contribution in [2.45, 2.75) is 6.36 Å². The summed E-state index contributed by atoms with van der Waals surface area (Å²) in [5, 5.41) is 3.05. The zero-order valence-electron chi connectivity index (χ0n) is 10.5. The van der Waals surface area contributed by atoms with Crippen molar-refractivity contribution < 1.29 is 22.6 Å². The van der Waals surface area contributed by atoms with Crippen LogP contribution in [0.15, 0.2) is 30.3 Å². The van der Waals surface area contributed by atoms with E-state index in [9.17, 15) is 13.2 Å². The van der Waals surface area contributed by atoms with Gasteiger partial charge in [-0.1, -0.05) is 30.4 Å². The third-order valence-corrected chi connectivity index (χ3v) is 2.19. The van der Waals surface area contributed by atoms with Crippen LogP contribution in [0.4, 0.5) is 13.2 Å². The molecule has 0 aliphatic rings. The summed E-state index contributed by atoms with van der Waals surface area (Å²) in [6.07, 6.45) is -1.37. The molecule has 0 bridgehead atoms. The largest absolute Gasteiger partial charge is 0.573 e. The Balaban J connectivity index is 2.55. The average Bonchev–Trinajstić information content (AvgIpc) is 2.33. The number of nitrogens with one attached hydrogen (secondary N) is 1. The molecule has 0 aliphatic carbocycles. The van der Waals surface area contributed by atoms with Gasteiger partial charge in [-0.3, -0.25) is 0 Å². The first-order chi connectivity index (χ1) is 9.03. The molecular formula is C13H16F3NO2. The van der Waals surface area contributed by atoms with Crippen molar-refractivity contribution >= 4 is 6.08 Å². The first kappa shape index (κ1) is 15.5. The van der Waals surface area contributed by atoms with Crippen LogP contribution >= 0.6 is 0 Å². The zero-order valence-corrected chi connectivity index (χ0v) is 10.5. The predicted molar refractivity (Wildman–Crippen MR) is 66.9 cm³/mol. The van der Waals surface area contributed by atoms with Crippen molar-refractivity contribution in [3.05, 3.63) is 35.9 Å². The molecule has 0 aromatic heterocycles. The van der Waals surface area contributed by atoms with Gasteiger partial charge in [0, 0.05) is 25.8 Å². The predicted octanol–water partition coefficient (Wildman–Crippen LogP) is 2.83. The van der Waals surface area contributed by atoms with Crippen LogP contribution < -0.4 is 10.1 Å². The summed E-state index contributed by atoms with van der Waals surface area (Å²) in [5.41, 5.74) is 0.383. The molecule has 3 nitrogen and oxygen atoms in total. The summed E-state index contributed by atoms with van der Waals surface area (Å²) in [4.78, 5) is 0. The quantitative estimate of drug-likeness (QED) is 0.776. The van der Waals surface area contributed by atoms with Gasteiger partial charge >= 0.3 is 6.36 Å². The monoisotopic (exact) mass is 275 g/mol. The minimum Gasteiger partial charge on any atom is -0.405 e. The zero-order chi connectivity index (χ0) is 14.1. The first-order valence-corrected chi connectivity index (χ1v) is 5.74. The van der Waals surface area contributed by atoms with Gasteiger partial charge in [-0.05, 0) is 6.07 Å². The maximum Gasteiger partial charge on any atom is 0.573 e. The molecule has 1 N–H and O–H groups in total. The Hall–Kier alpha value is -1.53.